The molecule has 0 aliphatic carbocycles. The van der Waals surface area contributed by atoms with E-state index in [4.69, 9.17) is 9.47 Å². The second-order valence-corrected chi connectivity index (χ2v) is 7.51. The smallest absolute Gasteiger partial charge is 0.312 e. The zero-order valence-electron chi connectivity index (χ0n) is 15.8. The van der Waals surface area contributed by atoms with E-state index in [-0.39, 0.29) is 0 Å². The molecule has 1 unspecified atom stereocenters. The van der Waals surface area contributed by atoms with Gasteiger partial charge in [-0.25, -0.2) is 0 Å². The summed E-state index contributed by atoms with van der Waals surface area (Å²) in [6.45, 7) is 0.571. The first-order valence-corrected chi connectivity index (χ1v) is 10.1. The second-order valence-electron chi connectivity index (χ2n) is 6.53. The van der Waals surface area contributed by atoms with Gasteiger partial charge in [-0.05, 0) is 54.0 Å². The minimum absolute atomic E-state index is 0.417. The van der Waals surface area contributed by atoms with Crippen LogP contribution in [0.2, 0.25) is 0 Å². The molecule has 5 heteroatoms. The molecule has 2 aromatic carbocycles. The summed E-state index contributed by atoms with van der Waals surface area (Å²) in [7, 11) is 1.61. The van der Waals surface area contributed by atoms with Crippen LogP contribution in [0.1, 0.15) is 28.3 Å². The molecular formula is C23H24O4S. The average molecular weight is 397 g/mol. The van der Waals surface area contributed by atoms with Crippen LogP contribution in [0.5, 0.6) is 11.5 Å². The minimum Gasteiger partial charge on any atom is -0.493 e. The van der Waals surface area contributed by atoms with Crippen LogP contribution in [0.3, 0.4) is 0 Å². The van der Waals surface area contributed by atoms with Gasteiger partial charge < -0.3 is 14.6 Å². The summed E-state index contributed by atoms with van der Waals surface area (Å²) in [5, 5.41) is 11.5. The molecule has 3 rings (SSSR count). The Bertz CT molecular complexity index is 875. The van der Waals surface area contributed by atoms with Gasteiger partial charge in [0.05, 0.1) is 19.6 Å². The maximum atomic E-state index is 11.7. The van der Waals surface area contributed by atoms with Crippen LogP contribution < -0.4 is 9.47 Å². The molecule has 0 saturated carbocycles. The summed E-state index contributed by atoms with van der Waals surface area (Å²) in [5.74, 6) is -0.0576. The van der Waals surface area contributed by atoms with E-state index < -0.39 is 11.9 Å². The monoisotopic (exact) mass is 396 g/mol. The van der Waals surface area contributed by atoms with Crippen molar-refractivity contribution in [2.24, 2.45) is 0 Å². The molecule has 0 fully saturated rings. The Kier molecular flexibility index (Phi) is 7.09. The molecule has 0 aliphatic rings. The molecule has 28 heavy (non-hydrogen) atoms. The largest absolute Gasteiger partial charge is 0.493 e. The topological polar surface area (TPSA) is 55.8 Å². The zero-order valence-corrected chi connectivity index (χ0v) is 16.7. The summed E-state index contributed by atoms with van der Waals surface area (Å²) in [5.41, 5.74) is 2.20. The average Bonchev–Trinajstić information content (AvgIpc) is 3.24. The summed E-state index contributed by atoms with van der Waals surface area (Å²) < 4.78 is 11.4. The van der Waals surface area contributed by atoms with E-state index in [0.29, 0.717) is 24.5 Å². The van der Waals surface area contributed by atoms with Gasteiger partial charge in [-0.3, -0.25) is 4.79 Å². The Hall–Kier alpha value is -2.79. The van der Waals surface area contributed by atoms with E-state index in [1.54, 1.807) is 7.11 Å². The van der Waals surface area contributed by atoms with E-state index in [1.165, 1.54) is 16.9 Å². The molecule has 1 heterocycles. The van der Waals surface area contributed by atoms with E-state index in [0.717, 1.165) is 23.3 Å². The fourth-order valence-corrected chi connectivity index (χ4v) is 3.92. The van der Waals surface area contributed by atoms with Gasteiger partial charge in [0.1, 0.15) is 0 Å². The fourth-order valence-electron chi connectivity index (χ4n) is 3.10. The predicted molar refractivity (Wildman–Crippen MR) is 112 cm³/mol. The maximum absolute atomic E-state index is 11.7. The molecule has 146 valence electrons. The van der Waals surface area contributed by atoms with Crippen molar-refractivity contribution >= 4 is 17.3 Å². The molecule has 1 aromatic heterocycles. The normalized spacial score (nSPS) is 11.8. The van der Waals surface area contributed by atoms with Gasteiger partial charge in [0.2, 0.25) is 0 Å². The Morgan fingerprint density at radius 1 is 1.04 bits per heavy atom. The Balaban J connectivity index is 1.64. The highest BCUT2D eigenvalue weighted by atomic mass is 32.1. The number of hydrogen-bond donors (Lipinski definition) is 1. The summed E-state index contributed by atoms with van der Waals surface area (Å²) in [6, 6.07) is 19.7. The van der Waals surface area contributed by atoms with Crippen LogP contribution in [0.4, 0.5) is 0 Å². The number of carboxylic acid groups (broad SMARTS) is 1. The fraction of sp³-hybridized carbons (Fsp3) is 0.261. The van der Waals surface area contributed by atoms with Crippen molar-refractivity contribution in [3.8, 4) is 11.5 Å². The second kappa shape index (κ2) is 9.95. The Morgan fingerprint density at radius 3 is 2.54 bits per heavy atom. The lowest BCUT2D eigenvalue weighted by Gasteiger charge is -2.15. The highest BCUT2D eigenvalue weighted by Gasteiger charge is 2.22. The number of methoxy groups -OCH3 is 1. The van der Waals surface area contributed by atoms with Crippen LogP contribution in [0.15, 0.2) is 66.0 Å². The maximum Gasteiger partial charge on any atom is 0.312 e. The van der Waals surface area contributed by atoms with E-state index in [1.807, 2.05) is 53.9 Å². The summed E-state index contributed by atoms with van der Waals surface area (Å²) >= 11 is 1.47. The van der Waals surface area contributed by atoms with E-state index in [9.17, 15) is 9.90 Å². The highest BCUT2D eigenvalue weighted by molar-refractivity contribution is 7.10. The van der Waals surface area contributed by atoms with Gasteiger partial charge in [-0.2, -0.15) is 0 Å². The van der Waals surface area contributed by atoms with Gasteiger partial charge in [-0.1, -0.05) is 42.5 Å². The number of thiophene rings is 1. The van der Waals surface area contributed by atoms with Crippen molar-refractivity contribution in [2.75, 3.05) is 13.7 Å². The van der Waals surface area contributed by atoms with Gasteiger partial charge >= 0.3 is 5.97 Å². The quantitative estimate of drug-likeness (QED) is 0.480. The SMILES string of the molecule is COc1ccc(CC(C(=O)O)c2cccs2)cc1OCCCc1ccccc1. The van der Waals surface area contributed by atoms with Crippen LogP contribution in [0.25, 0.3) is 0 Å². The zero-order chi connectivity index (χ0) is 19.8. The number of ether oxygens (including phenoxy) is 2. The van der Waals surface area contributed by atoms with Crippen molar-refractivity contribution < 1.29 is 19.4 Å². The molecule has 0 bridgehead atoms. The van der Waals surface area contributed by atoms with Crippen molar-refractivity contribution in [1.82, 2.24) is 0 Å². The van der Waals surface area contributed by atoms with Gasteiger partial charge in [-0.15, -0.1) is 11.3 Å². The van der Waals surface area contributed by atoms with Crippen molar-refractivity contribution in [3.05, 3.63) is 82.0 Å². The molecule has 0 amide bonds. The first-order chi connectivity index (χ1) is 13.7. The molecule has 0 spiro atoms. The number of hydrogen-bond acceptors (Lipinski definition) is 4. The molecule has 0 aliphatic heterocycles. The lowest BCUT2D eigenvalue weighted by Crippen LogP contribution is -2.13. The number of aliphatic carboxylic acids is 1. The van der Waals surface area contributed by atoms with Crippen LogP contribution >= 0.6 is 11.3 Å². The molecule has 3 aromatic rings. The first kappa shape index (κ1) is 20.0. The molecule has 1 atom stereocenters. The van der Waals surface area contributed by atoms with Gasteiger partial charge in [0, 0.05) is 4.88 Å². The third-order valence-corrected chi connectivity index (χ3v) is 5.55. The van der Waals surface area contributed by atoms with Crippen molar-refractivity contribution in [1.29, 1.82) is 0 Å². The third kappa shape index (κ3) is 5.36. The standard InChI is InChI=1S/C23H24O4S/c1-26-20-12-11-18(15-19(23(24)25)22-10-6-14-28-22)16-21(20)27-13-5-9-17-7-3-2-4-8-17/h2-4,6-8,10-12,14,16,19H,5,9,13,15H2,1H3,(H,24,25). The molecule has 0 saturated heterocycles. The molecule has 1 N–H and O–H groups in total. The van der Waals surface area contributed by atoms with Gasteiger partial charge in [0.15, 0.2) is 11.5 Å². The molecule has 0 radical (unpaired) electrons. The predicted octanol–water partition coefficient (Wildman–Crippen LogP) is 5.18. The lowest BCUT2D eigenvalue weighted by molar-refractivity contribution is -0.138. The number of rotatable bonds is 10. The number of carbonyl (C=O) groups is 1. The highest BCUT2D eigenvalue weighted by Crippen LogP contribution is 2.32. The Labute approximate surface area is 169 Å². The third-order valence-electron chi connectivity index (χ3n) is 4.56. The first-order valence-electron chi connectivity index (χ1n) is 9.27. The number of aryl methyl sites for hydroxylation is 1. The van der Waals surface area contributed by atoms with E-state index in [2.05, 4.69) is 12.1 Å². The van der Waals surface area contributed by atoms with Crippen molar-refractivity contribution in [2.45, 2.75) is 25.2 Å². The van der Waals surface area contributed by atoms with Crippen LogP contribution in [0, 0.1) is 0 Å². The van der Waals surface area contributed by atoms with Crippen molar-refractivity contribution in [3.63, 3.8) is 0 Å². The summed E-state index contributed by atoms with van der Waals surface area (Å²) in [4.78, 5) is 12.6. The van der Waals surface area contributed by atoms with Gasteiger partial charge in [0.25, 0.3) is 0 Å². The number of carboxylic acids is 1. The molecular weight excluding hydrogens is 372 g/mol. The van der Waals surface area contributed by atoms with Crippen LogP contribution in [-0.2, 0) is 17.6 Å². The number of benzene rings is 2. The van der Waals surface area contributed by atoms with Crippen LogP contribution in [-0.4, -0.2) is 24.8 Å². The Morgan fingerprint density at radius 2 is 1.86 bits per heavy atom. The lowest BCUT2D eigenvalue weighted by atomic mass is 9.97. The van der Waals surface area contributed by atoms with E-state index >= 15 is 0 Å². The molecule has 4 nitrogen and oxygen atoms in total. The summed E-state index contributed by atoms with van der Waals surface area (Å²) in [6.07, 6.45) is 2.26. The minimum atomic E-state index is -0.816.